The van der Waals surface area contributed by atoms with Crippen LogP contribution < -0.4 is 5.19 Å². The topological polar surface area (TPSA) is 36.9 Å². The molecule has 0 N–H and O–H groups in total. The Morgan fingerprint density at radius 3 is 2.00 bits per heavy atom. The summed E-state index contributed by atoms with van der Waals surface area (Å²) in [6.07, 6.45) is 0. The first kappa shape index (κ1) is 15.3. The monoisotopic (exact) mass is 270 g/mol. The largest absolute Gasteiger partial charge is 0.538 e. The van der Waals surface area contributed by atoms with Crippen molar-refractivity contribution in [2.24, 2.45) is 0 Å². The molecule has 0 unspecified atom stereocenters. The van der Waals surface area contributed by atoms with Gasteiger partial charge in [-0.05, 0) is 20.8 Å². The van der Waals surface area contributed by atoms with E-state index in [2.05, 4.69) is 0 Å². The van der Waals surface area contributed by atoms with E-state index in [1.165, 1.54) is 0 Å². The maximum Gasteiger partial charge on any atom is 0.538 e. The Hall–Kier alpha value is -0.723. The molecule has 18 heavy (non-hydrogen) atoms. The zero-order chi connectivity index (χ0) is 13.6. The van der Waals surface area contributed by atoms with Gasteiger partial charge in [-0.1, -0.05) is 30.3 Å². The molecule has 0 atom stereocenters. The van der Waals surface area contributed by atoms with Gasteiger partial charge in [0, 0.05) is 19.4 Å². The Bertz CT molecular complexity index is 344. The van der Waals surface area contributed by atoms with Crippen LogP contribution in [0.4, 0.5) is 0 Å². The number of ether oxygens (including phenoxy) is 1. The lowest BCUT2D eigenvalue weighted by atomic mass is 10.2. The second-order valence-corrected chi connectivity index (χ2v) is 7.64. The maximum atomic E-state index is 5.76. The molecule has 0 heterocycles. The summed E-state index contributed by atoms with van der Waals surface area (Å²) in [4.78, 5) is 0. The lowest BCUT2D eigenvalue weighted by Crippen LogP contribution is -2.55. The molecule has 0 spiro atoms. The maximum absolute atomic E-state index is 5.76. The van der Waals surface area contributed by atoms with Gasteiger partial charge in [0.1, 0.15) is 6.79 Å². The number of hydrogen-bond donors (Lipinski definition) is 0. The predicted octanol–water partition coefficient (Wildman–Crippen LogP) is 1.91. The summed E-state index contributed by atoms with van der Waals surface area (Å²) in [5.41, 5.74) is -0.252. The molecule has 0 radical (unpaired) electrons. The summed E-state index contributed by atoms with van der Waals surface area (Å²) in [6.45, 7) is 6.07. The Morgan fingerprint density at radius 1 is 1.00 bits per heavy atom. The van der Waals surface area contributed by atoms with Crippen molar-refractivity contribution in [3.8, 4) is 0 Å². The Kier molecular flexibility index (Phi) is 5.49. The molecule has 0 aliphatic carbocycles. The van der Waals surface area contributed by atoms with E-state index in [1.807, 2.05) is 51.1 Å². The Morgan fingerprint density at radius 2 is 1.56 bits per heavy atom. The van der Waals surface area contributed by atoms with Gasteiger partial charge >= 0.3 is 8.80 Å². The third-order valence-corrected chi connectivity index (χ3v) is 5.02. The second-order valence-electron chi connectivity index (χ2n) is 4.85. The van der Waals surface area contributed by atoms with Gasteiger partial charge in [-0.25, -0.2) is 0 Å². The first-order valence-corrected chi connectivity index (χ1v) is 7.60. The van der Waals surface area contributed by atoms with E-state index < -0.39 is 8.80 Å². The normalized spacial score (nSPS) is 12.7. The average Bonchev–Trinajstić information content (AvgIpc) is 2.35. The van der Waals surface area contributed by atoms with Crippen LogP contribution in [0.1, 0.15) is 20.8 Å². The summed E-state index contributed by atoms with van der Waals surface area (Å²) in [5, 5.41) is 0.924. The van der Waals surface area contributed by atoms with Crippen molar-refractivity contribution in [2.45, 2.75) is 26.4 Å². The van der Waals surface area contributed by atoms with Crippen LogP contribution in [0.25, 0.3) is 0 Å². The predicted molar refractivity (Wildman–Crippen MR) is 72.6 cm³/mol. The molecule has 0 saturated heterocycles. The summed E-state index contributed by atoms with van der Waals surface area (Å²) < 4.78 is 22.3. The van der Waals surface area contributed by atoms with Crippen molar-refractivity contribution in [1.29, 1.82) is 0 Å². The molecule has 0 aliphatic rings. The highest BCUT2D eigenvalue weighted by molar-refractivity contribution is 6.75. The van der Waals surface area contributed by atoms with Gasteiger partial charge in [-0.15, -0.1) is 0 Å². The first-order valence-electron chi connectivity index (χ1n) is 5.87. The van der Waals surface area contributed by atoms with Crippen molar-refractivity contribution >= 4 is 14.0 Å². The van der Waals surface area contributed by atoms with Crippen molar-refractivity contribution in [1.82, 2.24) is 0 Å². The molecule has 1 rings (SSSR count). The SMILES string of the molecule is CO[Si](OC)(OCOC(C)(C)C)c1ccccc1. The molecule has 4 nitrogen and oxygen atoms in total. The lowest BCUT2D eigenvalue weighted by Gasteiger charge is -2.28. The minimum Gasteiger partial charge on any atom is -0.373 e. The van der Waals surface area contributed by atoms with Crippen LogP contribution in [-0.2, 0) is 18.0 Å². The standard InChI is InChI=1S/C13H22O4Si/c1-13(2,3)16-11-17-18(14-4,15-5)12-9-7-6-8-10-12/h6-10H,11H2,1-5H3. The minimum absolute atomic E-state index is 0.145. The van der Waals surface area contributed by atoms with E-state index in [-0.39, 0.29) is 12.4 Å². The van der Waals surface area contributed by atoms with Crippen molar-refractivity contribution in [3.63, 3.8) is 0 Å². The van der Waals surface area contributed by atoms with E-state index >= 15 is 0 Å². The van der Waals surface area contributed by atoms with Crippen molar-refractivity contribution in [3.05, 3.63) is 30.3 Å². The summed E-state index contributed by atoms with van der Waals surface area (Å²) in [5.74, 6) is 0. The fourth-order valence-electron chi connectivity index (χ4n) is 1.45. The minimum atomic E-state index is -2.84. The average molecular weight is 270 g/mol. The first-order chi connectivity index (χ1) is 8.43. The van der Waals surface area contributed by atoms with Gasteiger partial charge in [0.15, 0.2) is 0 Å². The molecule has 0 bridgehead atoms. The molecule has 102 valence electrons. The fraction of sp³-hybridized carbons (Fsp3) is 0.538. The smallest absolute Gasteiger partial charge is 0.373 e. The zero-order valence-electron chi connectivity index (χ0n) is 11.7. The Balaban J connectivity index is 2.76. The molecule has 1 aromatic carbocycles. The van der Waals surface area contributed by atoms with E-state index in [4.69, 9.17) is 18.0 Å². The lowest BCUT2D eigenvalue weighted by molar-refractivity contribution is -0.0973. The molecule has 0 saturated carbocycles. The van der Waals surface area contributed by atoms with Crippen LogP contribution in [0.15, 0.2) is 30.3 Å². The Labute approximate surface area is 110 Å². The summed E-state index contributed by atoms with van der Waals surface area (Å²) in [6, 6.07) is 9.69. The van der Waals surface area contributed by atoms with Crippen LogP contribution in [0.3, 0.4) is 0 Å². The number of hydrogen-bond acceptors (Lipinski definition) is 4. The van der Waals surface area contributed by atoms with Gasteiger partial charge in [0.25, 0.3) is 0 Å². The van der Waals surface area contributed by atoms with Gasteiger partial charge in [-0.3, -0.25) is 0 Å². The highest BCUT2D eigenvalue weighted by atomic mass is 28.4. The van der Waals surface area contributed by atoms with E-state index in [9.17, 15) is 0 Å². The van der Waals surface area contributed by atoms with E-state index in [0.29, 0.717) is 0 Å². The molecule has 0 aromatic heterocycles. The number of benzene rings is 1. The fourth-order valence-corrected chi connectivity index (χ4v) is 3.30. The molecule has 0 fully saturated rings. The van der Waals surface area contributed by atoms with E-state index in [1.54, 1.807) is 14.2 Å². The third-order valence-electron chi connectivity index (χ3n) is 2.41. The molecule has 0 amide bonds. The van der Waals surface area contributed by atoms with Gasteiger partial charge in [0.2, 0.25) is 0 Å². The van der Waals surface area contributed by atoms with Crippen LogP contribution in [0.5, 0.6) is 0 Å². The van der Waals surface area contributed by atoms with Crippen LogP contribution in [0.2, 0.25) is 0 Å². The second kappa shape index (κ2) is 6.45. The van der Waals surface area contributed by atoms with Crippen LogP contribution in [-0.4, -0.2) is 35.4 Å². The van der Waals surface area contributed by atoms with Crippen LogP contribution in [0, 0.1) is 0 Å². The zero-order valence-corrected chi connectivity index (χ0v) is 12.7. The third kappa shape index (κ3) is 4.19. The summed E-state index contributed by atoms with van der Waals surface area (Å²) >= 11 is 0. The van der Waals surface area contributed by atoms with Gasteiger partial charge in [-0.2, -0.15) is 0 Å². The molecule has 5 heteroatoms. The van der Waals surface area contributed by atoms with E-state index in [0.717, 1.165) is 5.19 Å². The van der Waals surface area contributed by atoms with Gasteiger partial charge < -0.3 is 18.0 Å². The van der Waals surface area contributed by atoms with Gasteiger partial charge in [0.05, 0.1) is 5.60 Å². The number of rotatable bonds is 6. The molecular weight excluding hydrogens is 248 g/mol. The van der Waals surface area contributed by atoms with Crippen molar-refractivity contribution < 1.29 is 18.0 Å². The van der Waals surface area contributed by atoms with Crippen LogP contribution >= 0.6 is 0 Å². The molecule has 0 aliphatic heterocycles. The highest BCUT2D eigenvalue weighted by Crippen LogP contribution is 2.12. The quantitative estimate of drug-likeness (QED) is 0.584. The highest BCUT2D eigenvalue weighted by Gasteiger charge is 2.42. The molecular formula is C13H22O4Si. The summed E-state index contributed by atoms with van der Waals surface area (Å²) in [7, 11) is 0.350. The van der Waals surface area contributed by atoms with Crippen molar-refractivity contribution in [2.75, 3.05) is 21.0 Å². The molecule has 1 aromatic rings.